The lowest BCUT2D eigenvalue weighted by atomic mass is 10.0. The van der Waals surface area contributed by atoms with Crippen molar-refractivity contribution in [3.8, 4) is 23.3 Å². The Balaban J connectivity index is 1.57. The van der Waals surface area contributed by atoms with Crippen LogP contribution in [0.3, 0.4) is 0 Å². The number of esters is 1. The van der Waals surface area contributed by atoms with E-state index in [0.717, 1.165) is 16.9 Å². The first-order valence-corrected chi connectivity index (χ1v) is 9.99. The van der Waals surface area contributed by atoms with Crippen molar-refractivity contribution in [2.24, 2.45) is 0 Å². The molecule has 0 aliphatic rings. The highest BCUT2D eigenvalue weighted by molar-refractivity contribution is 6.30. The fraction of sp³-hybridized carbons (Fsp3) is 0.120. The van der Waals surface area contributed by atoms with Crippen molar-refractivity contribution in [2.45, 2.75) is 6.92 Å². The van der Waals surface area contributed by atoms with Crippen LogP contribution in [-0.2, 0) is 4.79 Å². The van der Waals surface area contributed by atoms with Gasteiger partial charge < -0.3 is 14.2 Å². The van der Waals surface area contributed by atoms with Gasteiger partial charge in [0, 0.05) is 5.02 Å². The fourth-order valence-corrected chi connectivity index (χ4v) is 2.93. The zero-order valence-corrected chi connectivity index (χ0v) is 17.6. The zero-order chi connectivity index (χ0) is 22.1. The molecule has 0 bridgehead atoms. The monoisotopic (exact) mass is 433 g/mol. The standard InChI is InChI=1S/C25H20ClNO4/c1-2-29-22-10-12-23(13-11-22)30-17-25(28)31-24-8-6-18(7-9-24)14-20(16-27)19-4-3-5-21(26)15-19/h3-15H,2,17H2,1H3/b20-14-. The van der Waals surface area contributed by atoms with Gasteiger partial charge in [-0.25, -0.2) is 4.79 Å². The highest BCUT2D eigenvalue weighted by atomic mass is 35.5. The quantitative estimate of drug-likeness (QED) is 0.195. The third kappa shape index (κ3) is 6.63. The maximum atomic E-state index is 12.0. The van der Waals surface area contributed by atoms with E-state index in [2.05, 4.69) is 6.07 Å². The molecule has 0 N–H and O–H groups in total. The van der Waals surface area contributed by atoms with Crippen molar-refractivity contribution in [1.29, 1.82) is 5.26 Å². The first-order chi connectivity index (χ1) is 15.1. The number of nitriles is 1. The maximum Gasteiger partial charge on any atom is 0.349 e. The summed E-state index contributed by atoms with van der Waals surface area (Å²) >= 11 is 6.00. The molecule has 0 heterocycles. The molecule has 0 radical (unpaired) electrons. The molecule has 0 unspecified atom stereocenters. The van der Waals surface area contributed by atoms with E-state index >= 15 is 0 Å². The number of carbonyl (C=O) groups excluding carboxylic acids is 1. The number of ether oxygens (including phenoxy) is 3. The highest BCUT2D eigenvalue weighted by Crippen LogP contribution is 2.22. The zero-order valence-electron chi connectivity index (χ0n) is 16.9. The molecule has 0 atom stereocenters. The van der Waals surface area contributed by atoms with Crippen LogP contribution in [0.2, 0.25) is 5.02 Å². The van der Waals surface area contributed by atoms with Gasteiger partial charge >= 0.3 is 5.97 Å². The number of allylic oxidation sites excluding steroid dienone is 1. The van der Waals surface area contributed by atoms with Crippen molar-refractivity contribution in [3.05, 3.63) is 88.9 Å². The second-order valence-corrected chi connectivity index (χ2v) is 6.85. The van der Waals surface area contributed by atoms with Crippen molar-refractivity contribution < 1.29 is 19.0 Å². The van der Waals surface area contributed by atoms with Crippen LogP contribution in [-0.4, -0.2) is 19.2 Å². The van der Waals surface area contributed by atoms with E-state index in [1.54, 1.807) is 72.8 Å². The summed E-state index contributed by atoms with van der Waals surface area (Å²) in [5.74, 6) is 1.15. The largest absolute Gasteiger partial charge is 0.494 e. The predicted octanol–water partition coefficient (Wildman–Crippen LogP) is 5.79. The average Bonchev–Trinajstić information content (AvgIpc) is 2.78. The third-order valence-corrected chi connectivity index (χ3v) is 4.41. The van der Waals surface area contributed by atoms with Gasteiger partial charge in [0.25, 0.3) is 0 Å². The van der Waals surface area contributed by atoms with Crippen molar-refractivity contribution in [2.75, 3.05) is 13.2 Å². The summed E-state index contributed by atoms with van der Waals surface area (Å²) in [6, 6.07) is 23.1. The summed E-state index contributed by atoms with van der Waals surface area (Å²) in [4.78, 5) is 12.0. The molecule has 6 heteroatoms. The number of benzene rings is 3. The molecule has 5 nitrogen and oxygen atoms in total. The lowest BCUT2D eigenvalue weighted by Crippen LogP contribution is -2.17. The second-order valence-electron chi connectivity index (χ2n) is 6.42. The summed E-state index contributed by atoms with van der Waals surface area (Å²) in [6.07, 6.45) is 1.74. The summed E-state index contributed by atoms with van der Waals surface area (Å²) in [6.45, 7) is 2.27. The van der Waals surface area contributed by atoms with Crippen molar-refractivity contribution >= 4 is 29.2 Å². The van der Waals surface area contributed by atoms with Crippen LogP contribution < -0.4 is 14.2 Å². The Bertz CT molecular complexity index is 1100. The Morgan fingerprint density at radius 2 is 1.61 bits per heavy atom. The number of hydrogen-bond donors (Lipinski definition) is 0. The molecule has 0 aliphatic carbocycles. The molecule has 3 aromatic rings. The first kappa shape index (κ1) is 21.9. The van der Waals surface area contributed by atoms with E-state index in [-0.39, 0.29) is 6.61 Å². The van der Waals surface area contributed by atoms with Crippen molar-refractivity contribution in [3.63, 3.8) is 0 Å². The maximum absolute atomic E-state index is 12.0. The summed E-state index contributed by atoms with van der Waals surface area (Å²) in [5, 5.41) is 10.0. The molecule has 0 aliphatic heterocycles. The minimum Gasteiger partial charge on any atom is -0.494 e. The summed E-state index contributed by atoms with van der Waals surface area (Å²) in [7, 11) is 0. The van der Waals surface area contributed by atoms with E-state index in [1.165, 1.54) is 0 Å². The predicted molar refractivity (Wildman–Crippen MR) is 120 cm³/mol. The van der Waals surface area contributed by atoms with Crippen molar-refractivity contribution in [1.82, 2.24) is 0 Å². The van der Waals surface area contributed by atoms with Gasteiger partial charge in [0.1, 0.15) is 17.2 Å². The van der Waals surface area contributed by atoms with Crippen LogP contribution >= 0.6 is 11.6 Å². The molecule has 0 fully saturated rings. The highest BCUT2D eigenvalue weighted by Gasteiger charge is 2.07. The molecule has 3 aromatic carbocycles. The van der Waals surface area contributed by atoms with Crippen LogP contribution in [0, 0.1) is 11.3 Å². The average molecular weight is 434 g/mol. The number of halogens is 1. The minimum absolute atomic E-state index is 0.219. The summed E-state index contributed by atoms with van der Waals surface area (Å²) in [5.41, 5.74) is 2.01. The molecule has 0 amide bonds. The van der Waals surface area contributed by atoms with Gasteiger partial charge in [0.2, 0.25) is 0 Å². The molecule has 3 rings (SSSR count). The van der Waals surface area contributed by atoms with E-state index < -0.39 is 5.97 Å². The Kier molecular flexibility index (Phi) is 7.69. The normalized spacial score (nSPS) is 10.8. The fourth-order valence-electron chi connectivity index (χ4n) is 2.74. The summed E-state index contributed by atoms with van der Waals surface area (Å²) < 4.78 is 16.1. The minimum atomic E-state index is -0.520. The van der Waals surface area contributed by atoms with Gasteiger partial charge in [-0.2, -0.15) is 5.26 Å². The molecule has 156 valence electrons. The number of hydrogen-bond acceptors (Lipinski definition) is 5. The van der Waals surface area contributed by atoms with Crippen LogP contribution in [0.1, 0.15) is 18.1 Å². The lowest BCUT2D eigenvalue weighted by molar-refractivity contribution is -0.136. The molecule has 0 saturated heterocycles. The molecule has 31 heavy (non-hydrogen) atoms. The molecule has 0 spiro atoms. The first-order valence-electron chi connectivity index (χ1n) is 9.61. The second kappa shape index (κ2) is 10.9. The number of rotatable bonds is 8. The van der Waals surface area contributed by atoms with E-state index in [4.69, 9.17) is 25.8 Å². The number of nitrogens with zero attached hydrogens (tertiary/aromatic N) is 1. The van der Waals surface area contributed by atoms with Gasteiger partial charge in [-0.3, -0.25) is 0 Å². The van der Waals surface area contributed by atoms with E-state index in [1.807, 2.05) is 13.0 Å². The van der Waals surface area contributed by atoms with Crippen LogP contribution in [0.15, 0.2) is 72.8 Å². The van der Waals surface area contributed by atoms with Crippen LogP contribution in [0.4, 0.5) is 0 Å². The van der Waals surface area contributed by atoms with Gasteiger partial charge in [-0.1, -0.05) is 35.9 Å². The topological polar surface area (TPSA) is 68.6 Å². The Morgan fingerprint density at radius 1 is 0.968 bits per heavy atom. The van der Waals surface area contributed by atoms with Crippen LogP contribution in [0.25, 0.3) is 11.6 Å². The van der Waals surface area contributed by atoms with Gasteiger partial charge in [-0.05, 0) is 72.7 Å². The Morgan fingerprint density at radius 3 is 2.23 bits per heavy atom. The van der Waals surface area contributed by atoms with E-state index in [9.17, 15) is 10.1 Å². The molecular weight excluding hydrogens is 414 g/mol. The molecule has 0 aromatic heterocycles. The van der Waals surface area contributed by atoms with Crippen LogP contribution in [0.5, 0.6) is 17.2 Å². The SMILES string of the molecule is CCOc1ccc(OCC(=O)Oc2ccc(/C=C(/C#N)c3cccc(Cl)c3)cc2)cc1. The smallest absolute Gasteiger partial charge is 0.349 e. The van der Waals surface area contributed by atoms with Gasteiger partial charge in [-0.15, -0.1) is 0 Å². The lowest BCUT2D eigenvalue weighted by Gasteiger charge is -2.08. The molecular formula is C25H20ClNO4. The molecule has 0 saturated carbocycles. The van der Waals surface area contributed by atoms with E-state index in [0.29, 0.717) is 28.7 Å². The number of carbonyl (C=O) groups is 1. The van der Waals surface area contributed by atoms with Gasteiger partial charge in [0.05, 0.1) is 18.2 Å². The van der Waals surface area contributed by atoms with Gasteiger partial charge in [0.15, 0.2) is 6.61 Å². The Labute approximate surface area is 186 Å². The Hall–Kier alpha value is -3.75. The third-order valence-electron chi connectivity index (χ3n) is 4.17.